The van der Waals surface area contributed by atoms with Gasteiger partial charge in [0.25, 0.3) is 0 Å². The lowest BCUT2D eigenvalue weighted by molar-refractivity contribution is 1.63. The van der Waals surface area contributed by atoms with E-state index in [9.17, 15) is 0 Å². The van der Waals surface area contributed by atoms with Gasteiger partial charge < -0.3 is 0 Å². The van der Waals surface area contributed by atoms with Gasteiger partial charge in [0.1, 0.15) is 0 Å². The van der Waals surface area contributed by atoms with E-state index in [1.165, 1.54) is 239 Å². The third-order valence-electron chi connectivity index (χ3n) is 25.2. The van der Waals surface area contributed by atoms with Crippen LogP contribution in [0.1, 0.15) is 0 Å². The molecule has 0 aliphatic carbocycles. The highest BCUT2D eigenvalue weighted by molar-refractivity contribution is 6.33. The summed E-state index contributed by atoms with van der Waals surface area (Å²) < 4.78 is 0. The van der Waals surface area contributed by atoms with Gasteiger partial charge in [-0.3, -0.25) is 0 Å². The van der Waals surface area contributed by atoms with Crippen molar-refractivity contribution >= 4 is 162 Å². The summed E-state index contributed by atoms with van der Waals surface area (Å²) in [7, 11) is 0. The van der Waals surface area contributed by atoms with Gasteiger partial charge in [0.15, 0.2) is 0 Å². The molecule has 0 amide bonds. The Morgan fingerprint density at radius 3 is 0.692 bits per heavy atom. The monoisotopic (exact) mass is 1520 g/mol. The van der Waals surface area contributed by atoms with Crippen LogP contribution in [-0.2, 0) is 0 Å². The van der Waals surface area contributed by atoms with Crippen molar-refractivity contribution in [2.45, 2.75) is 0 Å². The molecule has 0 aromatic heterocycles. The summed E-state index contributed by atoms with van der Waals surface area (Å²) >= 11 is 0. The average molecular weight is 1520 g/mol. The Kier molecular flexibility index (Phi) is 17.1. The van der Waals surface area contributed by atoms with E-state index in [-0.39, 0.29) is 0 Å². The van der Waals surface area contributed by atoms with Crippen LogP contribution in [-0.4, -0.2) is 0 Å². The van der Waals surface area contributed by atoms with Crippen molar-refractivity contribution in [3.05, 3.63) is 461 Å². The van der Waals surface area contributed by atoms with Crippen molar-refractivity contribution in [1.82, 2.24) is 0 Å². The molecule has 0 unspecified atom stereocenters. The molecule has 0 heterocycles. The van der Waals surface area contributed by atoms with Gasteiger partial charge in [-0.25, -0.2) is 0 Å². The predicted octanol–water partition coefficient (Wildman–Crippen LogP) is 34.0. The number of fused-ring (bicyclic) bond motifs is 18. The van der Waals surface area contributed by atoms with E-state index < -0.39 is 0 Å². The van der Waals surface area contributed by atoms with Crippen molar-refractivity contribution in [1.29, 1.82) is 0 Å². The number of benzene rings is 25. The average Bonchev–Trinajstić information content (AvgIpc) is 0.718. The van der Waals surface area contributed by atoms with E-state index in [1.807, 2.05) is 0 Å². The zero-order valence-electron chi connectivity index (χ0n) is 65.9. The molecule has 556 valence electrons. The summed E-state index contributed by atoms with van der Waals surface area (Å²) in [6.45, 7) is 0. The topological polar surface area (TPSA) is 0 Å². The largest absolute Gasteiger partial charge is 0.0616 e. The molecule has 0 saturated carbocycles. The Balaban J connectivity index is 0.000000105. The fraction of sp³-hybridized carbons (Fsp3) is 0. The van der Waals surface area contributed by atoms with E-state index in [2.05, 4.69) is 461 Å². The summed E-state index contributed by atoms with van der Waals surface area (Å²) in [6, 6.07) is 169. The van der Waals surface area contributed by atoms with Crippen molar-refractivity contribution in [2.75, 3.05) is 0 Å². The molecule has 0 aliphatic rings. The molecule has 0 bridgehead atoms. The molecule has 0 fully saturated rings. The van der Waals surface area contributed by atoms with E-state index in [0.717, 1.165) is 0 Å². The number of hydrogen-bond acceptors (Lipinski definition) is 0. The van der Waals surface area contributed by atoms with Gasteiger partial charge in [-0.15, -0.1) is 0 Å². The van der Waals surface area contributed by atoms with Crippen LogP contribution in [0.4, 0.5) is 0 Å². The van der Waals surface area contributed by atoms with E-state index >= 15 is 0 Å². The summed E-state index contributed by atoms with van der Waals surface area (Å²) in [5.41, 5.74) is 17.8. The fourth-order valence-corrected chi connectivity index (χ4v) is 19.8. The van der Waals surface area contributed by atoms with Crippen LogP contribution in [0.5, 0.6) is 0 Å². The highest BCUT2D eigenvalue weighted by Crippen LogP contribution is 2.52. The van der Waals surface area contributed by atoms with Gasteiger partial charge in [-0.1, -0.05) is 437 Å². The molecule has 25 aromatic rings. The molecule has 0 heteroatoms. The first-order valence-electron chi connectivity index (χ1n) is 41.7. The van der Waals surface area contributed by atoms with Crippen LogP contribution in [0, 0.1) is 0 Å². The predicted molar refractivity (Wildman–Crippen MR) is 520 cm³/mol. The maximum Gasteiger partial charge on any atom is -0.00139 e. The minimum atomic E-state index is 1.23. The molecule has 0 nitrogen and oxygen atoms in total. The smallest absolute Gasteiger partial charge is 0.00139 e. The summed E-state index contributed by atoms with van der Waals surface area (Å²) in [6.07, 6.45) is 0. The molecule has 25 aromatic carbocycles. The molecular formula is C120H76. The van der Waals surface area contributed by atoms with Crippen molar-refractivity contribution in [2.24, 2.45) is 0 Å². The SMILES string of the molecule is c1ccc2c(-c3c4ccccc4c(-c4cccc5ccccc45)c4c3ccc3ccccc34)cccc2c1.c1ccc2cc(-c3c4ccccc4c(-c4ccc5ccccc5c4)c4c3ccc3ccccc34)ccc2c1.c1ccc2cc(-c3ccc(-c4c5ccccc5c(-c5ccc6ccccc6c5)c5c4ccc4ccccc45)cc3)ccc2c1. The molecule has 25 rings (SSSR count). The maximum absolute atomic E-state index is 2.36. The summed E-state index contributed by atoms with van der Waals surface area (Å²) in [5.74, 6) is 0. The second-order valence-corrected chi connectivity index (χ2v) is 31.9. The number of rotatable bonds is 7. The first-order valence-corrected chi connectivity index (χ1v) is 41.7. The molecule has 0 saturated heterocycles. The van der Waals surface area contributed by atoms with Gasteiger partial charge in [0.05, 0.1) is 0 Å². The maximum atomic E-state index is 2.36. The Hall–Kier alpha value is -15.6. The van der Waals surface area contributed by atoms with Crippen LogP contribution in [0.3, 0.4) is 0 Å². The molecule has 0 radical (unpaired) electrons. The third kappa shape index (κ3) is 11.9. The second-order valence-electron chi connectivity index (χ2n) is 31.9. The second kappa shape index (κ2) is 29.3. The lowest BCUT2D eigenvalue weighted by atomic mass is 9.82. The van der Waals surface area contributed by atoms with Gasteiger partial charge in [-0.2, -0.15) is 0 Å². The van der Waals surface area contributed by atoms with Gasteiger partial charge >= 0.3 is 0 Å². The van der Waals surface area contributed by atoms with Crippen LogP contribution in [0.25, 0.3) is 239 Å². The van der Waals surface area contributed by atoms with E-state index in [1.54, 1.807) is 0 Å². The third-order valence-corrected chi connectivity index (χ3v) is 25.2. The lowest BCUT2D eigenvalue weighted by Gasteiger charge is -2.21. The van der Waals surface area contributed by atoms with Gasteiger partial charge in [-0.05, 0) is 264 Å². The quantitative estimate of drug-likeness (QED) is 0.110. The highest BCUT2D eigenvalue weighted by Gasteiger charge is 2.25. The molecule has 0 aliphatic heterocycles. The molecule has 0 N–H and O–H groups in total. The Morgan fingerprint density at radius 2 is 0.308 bits per heavy atom. The summed E-state index contributed by atoms with van der Waals surface area (Å²) in [5, 5.41) is 38.4. The normalized spacial score (nSPS) is 11.7. The highest BCUT2D eigenvalue weighted by atomic mass is 14.3. The van der Waals surface area contributed by atoms with Crippen molar-refractivity contribution in [3.63, 3.8) is 0 Å². The lowest BCUT2D eigenvalue weighted by Crippen LogP contribution is -1.93. The van der Waals surface area contributed by atoms with Gasteiger partial charge in [0, 0.05) is 0 Å². The van der Waals surface area contributed by atoms with Crippen molar-refractivity contribution in [3.8, 4) is 77.9 Å². The molecule has 0 spiro atoms. The van der Waals surface area contributed by atoms with Crippen LogP contribution in [0.15, 0.2) is 461 Å². The van der Waals surface area contributed by atoms with Crippen LogP contribution < -0.4 is 0 Å². The zero-order chi connectivity index (χ0) is 79.1. The Morgan fingerprint density at radius 1 is 0.0917 bits per heavy atom. The zero-order valence-corrected chi connectivity index (χ0v) is 65.9. The first-order chi connectivity index (χ1) is 59.5. The minimum absolute atomic E-state index is 1.23. The van der Waals surface area contributed by atoms with E-state index in [4.69, 9.17) is 0 Å². The Labute approximate surface area is 695 Å². The molecule has 120 heavy (non-hydrogen) atoms. The molecular weight excluding hydrogens is 1440 g/mol. The van der Waals surface area contributed by atoms with Crippen LogP contribution in [0.2, 0.25) is 0 Å². The van der Waals surface area contributed by atoms with Crippen molar-refractivity contribution < 1.29 is 0 Å². The first kappa shape index (κ1) is 69.9. The molecule has 0 atom stereocenters. The summed E-state index contributed by atoms with van der Waals surface area (Å²) in [4.78, 5) is 0. The Bertz CT molecular complexity index is 8460. The fourth-order valence-electron chi connectivity index (χ4n) is 19.8. The van der Waals surface area contributed by atoms with Gasteiger partial charge in [0.2, 0.25) is 0 Å². The number of hydrogen-bond donors (Lipinski definition) is 0. The standard InChI is InChI=1S/C44H28.2C38H24/c1-3-12-34-27-36(23-19-29(34)9-1)31-17-21-33(22-18-31)42-39-15-7-8-16-40(39)43(37-24-20-30-10-2-4-13-35(30)28-37)44-38-14-6-5-11-32(38)25-26-41(42)44;1-4-16-28-25(11-1)14-9-21-31(28)36-33-19-7-8-20-34(33)38(32-22-10-15-26-12-2-5-17-29(26)32)37-30-18-6-3-13-27(30)23-24-35(36)37;1-3-12-28-23-30(19-17-25(28)9-1)36-33-15-7-8-16-34(33)37(31-20-18-26-10-2-4-13-29(26)24-31)38-32-14-6-5-11-27(32)21-22-35(36)38/h1-28H;2*1-24H. The minimum Gasteiger partial charge on any atom is -0.0616 e. The van der Waals surface area contributed by atoms with E-state index in [0.29, 0.717) is 0 Å². The van der Waals surface area contributed by atoms with Crippen LogP contribution >= 0.6 is 0 Å².